The Labute approximate surface area is 94.4 Å². The fourth-order valence-electron chi connectivity index (χ4n) is 1.35. The Kier molecular flexibility index (Phi) is 4.99. The van der Waals surface area contributed by atoms with Crippen LogP contribution in [0, 0.1) is 5.82 Å². The van der Waals surface area contributed by atoms with Gasteiger partial charge in [0.05, 0.1) is 11.1 Å². The van der Waals surface area contributed by atoms with Crippen LogP contribution in [0.2, 0.25) is 0 Å². The largest absolute Gasteiger partial charge is 0.385 e. The van der Waals surface area contributed by atoms with Gasteiger partial charge < -0.3 is 4.74 Å². The molecule has 0 saturated carbocycles. The summed E-state index contributed by atoms with van der Waals surface area (Å²) in [5.41, 5.74) is 0.983. The van der Waals surface area contributed by atoms with E-state index in [9.17, 15) is 4.39 Å². The van der Waals surface area contributed by atoms with E-state index in [-0.39, 0.29) is 5.82 Å². The number of ether oxygens (including phenoxy) is 1. The molecule has 1 aromatic heterocycles. The summed E-state index contributed by atoms with van der Waals surface area (Å²) in [7, 11) is 1.59. The summed E-state index contributed by atoms with van der Waals surface area (Å²) >= 11 is 6.04. The molecule has 0 radical (unpaired) electrons. The first-order chi connectivity index (χ1) is 7.20. The highest BCUT2D eigenvalue weighted by atomic mass is 35.5. The molecule has 1 rings (SSSR count). The van der Waals surface area contributed by atoms with Gasteiger partial charge in [-0.05, 0) is 24.5 Å². The topological polar surface area (TPSA) is 22.1 Å². The number of hydrogen-bond donors (Lipinski definition) is 0. The van der Waals surface area contributed by atoms with Crippen molar-refractivity contribution in [3.05, 3.63) is 29.3 Å². The molecule has 1 unspecified atom stereocenters. The van der Waals surface area contributed by atoms with Crippen LogP contribution in [-0.4, -0.2) is 18.7 Å². The first-order valence-corrected chi connectivity index (χ1v) is 5.40. The van der Waals surface area contributed by atoms with Crippen molar-refractivity contribution >= 4 is 11.6 Å². The van der Waals surface area contributed by atoms with E-state index in [1.165, 1.54) is 0 Å². The maximum atomic E-state index is 13.8. The van der Waals surface area contributed by atoms with Crippen LogP contribution in [0.4, 0.5) is 4.39 Å². The van der Waals surface area contributed by atoms with E-state index in [1.807, 2.05) is 6.92 Å². The van der Waals surface area contributed by atoms with Crippen LogP contribution in [-0.2, 0) is 11.2 Å². The van der Waals surface area contributed by atoms with Crippen LogP contribution in [0.5, 0.6) is 0 Å². The molecule has 0 aromatic carbocycles. The number of hydrogen-bond acceptors (Lipinski definition) is 2. The monoisotopic (exact) mass is 231 g/mol. The standard InChI is InChI=1S/C11H15ClFNO/c1-3-8-4-6-14-11(10(8)13)9(12)5-7-15-2/h4,6,9H,3,5,7H2,1-2H3. The minimum Gasteiger partial charge on any atom is -0.385 e. The van der Waals surface area contributed by atoms with Crippen molar-refractivity contribution in [3.8, 4) is 0 Å². The third-order valence-corrected chi connectivity index (χ3v) is 2.67. The lowest BCUT2D eigenvalue weighted by Crippen LogP contribution is -2.04. The first kappa shape index (κ1) is 12.4. The molecule has 4 heteroatoms. The number of aromatic nitrogens is 1. The Morgan fingerprint density at radius 3 is 2.93 bits per heavy atom. The van der Waals surface area contributed by atoms with E-state index in [0.717, 1.165) is 0 Å². The van der Waals surface area contributed by atoms with E-state index in [0.29, 0.717) is 30.7 Å². The molecule has 0 aliphatic heterocycles. The smallest absolute Gasteiger partial charge is 0.149 e. The number of pyridine rings is 1. The summed E-state index contributed by atoms with van der Waals surface area (Å²) < 4.78 is 18.7. The van der Waals surface area contributed by atoms with Crippen molar-refractivity contribution in [1.29, 1.82) is 0 Å². The Hall–Kier alpha value is -0.670. The molecule has 0 aliphatic carbocycles. The number of methoxy groups -OCH3 is 1. The minimum absolute atomic E-state index is 0.281. The molecule has 1 heterocycles. The number of nitrogens with zero attached hydrogens (tertiary/aromatic N) is 1. The molecule has 0 spiro atoms. The van der Waals surface area contributed by atoms with Crippen LogP contribution in [0.15, 0.2) is 12.3 Å². The molecule has 15 heavy (non-hydrogen) atoms. The zero-order valence-corrected chi connectivity index (χ0v) is 9.72. The summed E-state index contributed by atoms with van der Waals surface area (Å²) in [4.78, 5) is 3.98. The summed E-state index contributed by atoms with van der Waals surface area (Å²) in [6.45, 7) is 2.41. The molecule has 0 aliphatic rings. The fraction of sp³-hybridized carbons (Fsp3) is 0.545. The van der Waals surface area contributed by atoms with Crippen molar-refractivity contribution in [3.63, 3.8) is 0 Å². The lowest BCUT2D eigenvalue weighted by Gasteiger charge is -2.11. The summed E-state index contributed by atoms with van der Waals surface area (Å²) in [6, 6.07) is 1.68. The van der Waals surface area contributed by atoms with E-state index in [1.54, 1.807) is 19.4 Å². The van der Waals surface area contributed by atoms with Gasteiger partial charge in [-0.1, -0.05) is 6.92 Å². The molecule has 84 valence electrons. The van der Waals surface area contributed by atoms with Gasteiger partial charge in [-0.3, -0.25) is 4.98 Å². The SMILES string of the molecule is CCc1ccnc(C(Cl)CCOC)c1F. The zero-order valence-electron chi connectivity index (χ0n) is 8.96. The molecule has 0 N–H and O–H groups in total. The van der Waals surface area contributed by atoms with Gasteiger partial charge in [-0.15, -0.1) is 11.6 Å². The third kappa shape index (κ3) is 3.14. The first-order valence-electron chi connectivity index (χ1n) is 4.97. The molecular formula is C11H15ClFNO. The number of alkyl halides is 1. The van der Waals surface area contributed by atoms with Gasteiger partial charge in [0, 0.05) is 19.9 Å². The van der Waals surface area contributed by atoms with Crippen LogP contribution in [0.1, 0.15) is 30.0 Å². The van der Waals surface area contributed by atoms with E-state index >= 15 is 0 Å². The van der Waals surface area contributed by atoms with E-state index < -0.39 is 5.38 Å². The number of rotatable bonds is 5. The molecule has 0 saturated heterocycles. The highest BCUT2D eigenvalue weighted by Gasteiger charge is 2.16. The lowest BCUT2D eigenvalue weighted by molar-refractivity contribution is 0.193. The second kappa shape index (κ2) is 6.03. The highest BCUT2D eigenvalue weighted by Crippen LogP contribution is 2.26. The van der Waals surface area contributed by atoms with Crippen molar-refractivity contribution < 1.29 is 9.13 Å². The van der Waals surface area contributed by atoms with Gasteiger partial charge in [0.25, 0.3) is 0 Å². The molecule has 2 nitrogen and oxygen atoms in total. The molecule has 1 aromatic rings. The van der Waals surface area contributed by atoms with E-state index in [2.05, 4.69) is 4.98 Å². The molecule has 0 fully saturated rings. The Bertz CT molecular complexity index is 319. The van der Waals surface area contributed by atoms with Crippen LogP contribution in [0.25, 0.3) is 0 Å². The highest BCUT2D eigenvalue weighted by molar-refractivity contribution is 6.20. The maximum absolute atomic E-state index is 13.8. The second-order valence-electron chi connectivity index (χ2n) is 3.27. The average Bonchev–Trinajstić information content (AvgIpc) is 2.26. The third-order valence-electron chi connectivity index (χ3n) is 2.25. The Morgan fingerprint density at radius 1 is 1.60 bits per heavy atom. The minimum atomic E-state index is -0.420. The van der Waals surface area contributed by atoms with E-state index in [4.69, 9.17) is 16.3 Å². The van der Waals surface area contributed by atoms with Crippen molar-refractivity contribution in [2.45, 2.75) is 25.1 Å². The van der Waals surface area contributed by atoms with Gasteiger partial charge in [-0.25, -0.2) is 4.39 Å². The second-order valence-corrected chi connectivity index (χ2v) is 3.80. The van der Waals surface area contributed by atoms with Crippen molar-refractivity contribution in [2.75, 3.05) is 13.7 Å². The fourth-order valence-corrected chi connectivity index (χ4v) is 1.59. The lowest BCUT2D eigenvalue weighted by atomic mass is 10.1. The van der Waals surface area contributed by atoms with Gasteiger partial charge in [-0.2, -0.15) is 0 Å². The summed E-state index contributed by atoms with van der Waals surface area (Å²) in [6.07, 6.45) is 2.81. The predicted molar refractivity (Wildman–Crippen MR) is 58.7 cm³/mol. The van der Waals surface area contributed by atoms with Crippen LogP contribution < -0.4 is 0 Å². The predicted octanol–water partition coefficient (Wildman–Crippen LogP) is 3.10. The van der Waals surface area contributed by atoms with Crippen molar-refractivity contribution in [2.24, 2.45) is 0 Å². The average molecular weight is 232 g/mol. The molecule has 0 amide bonds. The summed E-state index contributed by atoms with van der Waals surface area (Å²) in [5.74, 6) is -0.281. The number of halogens is 2. The molecule has 0 bridgehead atoms. The van der Waals surface area contributed by atoms with Crippen LogP contribution in [0.3, 0.4) is 0 Å². The maximum Gasteiger partial charge on any atom is 0.149 e. The van der Waals surface area contributed by atoms with Crippen molar-refractivity contribution in [1.82, 2.24) is 4.98 Å². The Morgan fingerprint density at radius 2 is 2.33 bits per heavy atom. The van der Waals surface area contributed by atoms with Crippen LogP contribution >= 0.6 is 11.6 Å². The summed E-state index contributed by atoms with van der Waals surface area (Å²) in [5, 5.41) is -0.420. The quantitative estimate of drug-likeness (QED) is 0.727. The number of aryl methyl sites for hydroxylation is 1. The van der Waals surface area contributed by atoms with Gasteiger partial charge >= 0.3 is 0 Å². The molecular weight excluding hydrogens is 217 g/mol. The van der Waals surface area contributed by atoms with Gasteiger partial charge in [0.1, 0.15) is 5.82 Å². The van der Waals surface area contributed by atoms with Gasteiger partial charge in [0.2, 0.25) is 0 Å². The zero-order chi connectivity index (χ0) is 11.3. The van der Waals surface area contributed by atoms with Gasteiger partial charge in [0.15, 0.2) is 0 Å². The molecule has 1 atom stereocenters. The normalized spacial score (nSPS) is 12.8. The Balaban J connectivity index is 2.83.